The Balaban J connectivity index is 1.64. The van der Waals surface area contributed by atoms with E-state index in [1.54, 1.807) is 52.5 Å². The topological polar surface area (TPSA) is 88.1 Å². The van der Waals surface area contributed by atoms with Crippen molar-refractivity contribution in [2.24, 2.45) is 0 Å². The fraction of sp³-hybridized carbons (Fsp3) is 0.320. The van der Waals surface area contributed by atoms with Gasteiger partial charge < -0.3 is 19.9 Å². The second-order valence-electron chi connectivity index (χ2n) is 8.56. The third-order valence-corrected chi connectivity index (χ3v) is 6.32. The quantitative estimate of drug-likeness (QED) is 0.453. The largest absolute Gasteiger partial charge is 0.494 e. The molecule has 2 aromatic heterocycles. The highest BCUT2D eigenvalue weighted by Crippen LogP contribution is 2.35. The Labute approximate surface area is 196 Å². The van der Waals surface area contributed by atoms with Gasteiger partial charge in [0, 0.05) is 24.1 Å². The summed E-state index contributed by atoms with van der Waals surface area (Å²) in [6, 6.07) is 8.99. The van der Waals surface area contributed by atoms with E-state index < -0.39 is 5.82 Å². The molecular weight excluding hydrogens is 435 g/mol. The van der Waals surface area contributed by atoms with Crippen LogP contribution >= 0.6 is 0 Å². The number of benzene rings is 2. The number of nitrogens with zero attached hydrogens (tertiary/aromatic N) is 4. The van der Waals surface area contributed by atoms with Gasteiger partial charge in [-0.1, -0.05) is 0 Å². The zero-order valence-electron chi connectivity index (χ0n) is 19.2. The number of rotatable bonds is 6. The average Bonchev–Trinajstić information content (AvgIpc) is 3.38. The number of hydrogen-bond acceptors (Lipinski definition) is 6. The Kier molecular flexibility index (Phi) is 6.02. The van der Waals surface area contributed by atoms with Crippen LogP contribution in [0.15, 0.2) is 53.8 Å². The number of H-pyrrole nitrogens is 1. The number of aromatic amines is 1. The maximum atomic E-state index is 15.4. The van der Waals surface area contributed by atoms with Crippen molar-refractivity contribution in [3.05, 3.63) is 76.6 Å². The summed E-state index contributed by atoms with van der Waals surface area (Å²) in [6.45, 7) is 3.92. The van der Waals surface area contributed by atoms with Crippen molar-refractivity contribution >= 4 is 22.3 Å². The Morgan fingerprint density at radius 1 is 1.21 bits per heavy atom. The molecule has 1 aliphatic rings. The molecule has 1 fully saturated rings. The molecule has 0 unspecified atom stereocenters. The third kappa shape index (κ3) is 4.14. The summed E-state index contributed by atoms with van der Waals surface area (Å²) in [7, 11) is 1.45. The summed E-state index contributed by atoms with van der Waals surface area (Å²) in [5.74, 6) is 0.353. The summed E-state index contributed by atoms with van der Waals surface area (Å²) >= 11 is 0. The molecule has 4 aromatic rings. The highest BCUT2D eigenvalue weighted by atomic mass is 19.1. The lowest BCUT2D eigenvalue weighted by atomic mass is 10.1. The number of fused-ring (bicyclic) bond motifs is 1. The Hall–Kier alpha value is -3.72. The number of hydrogen-bond donors (Lipinski definition) is 2. The van der Waals surface area contributed by atoms with E-state index in [4.69, 9.17) is 4.74 Å². The zero-order valence-corrected chi connectivity index (χ0v) is 19.2. The molecule has 0 aliphatic carbocycles. The normalized spacial score (nSPS) is 14.4. The van der Waals surface area contributed by atoms with Gasteiger partial charge in [-0.25, -0.2) is 14.4 Å². The van der Waals surface area contributed by atoms with Gasteiger partial charge >= 0.3 is 0 Å². The molecule has 0 atom stereocenters. The third-order valence-electron chi connectivity index (χ3n) is 6.32. The SMILES string of the molecule is COc1cc(C)cc(N(Cc2ncc[nH]2)c2ccc3ncn(C4CCNCC4)c(=O)c3c2)c1F. The number of piperidine rings is 1. The van der Waals surface area contributed by atoms with Gasteiger partial charge in [-0.3, -0.25) is 9.36 Å². The molecule has 0 bridgehead atoms. The van der Waals surface area contributed by atoms with Crippen LogP contribution < -0.4 is 20.5 Å². The molecule has 9 heteroatoms. The lowest BCUT2D eigenvalue weighted by Gasteiger charge is -2.27. The van der Waals surface area contributed by atoms with Gasteiger partial charge in [-0.2, -0.15) is 0 Å². The molecule has 0 radical (unpaired) electrons. The Morgan fingerprint density at radius 3 is 2.76 bits per heavy atom. The zero-order chi connectivity index (χ0) is 23.7. The van der Waals surface area contributed by atoms with E-state index in [9.17, 15) is 4.79 Å². The fourth-order valence-corrected chi connectivity index (χ4v) is 4.55. The van der Waals surface area contributed by atoms with Gasteiger partial charge in [0.25, 0.3) is 5.56 Å². The number of ether oxygens (including phenoxy) is 1. The molecule has 0 spiro atoms. The number of imidazole rings is 1. The first-order chi connectivity index (χ1) is 16.5. The highest BCUT2D eigenvalue weighted by Gasteiger charge is 2.22. The van der Waals surface area contributed by atoms with Crippen molar-refractivity contribution in [1.29, 1.82) is 0 Å². The fourth-order valence-electron chi connectivity index (χ4n) is 4.55. The second-order valence-corrected chi connectivity index (χ2v) is 8.56. The van der Waals surface area contributed by atoms with Crippen LogP contribution in [0.4, 0.5) is 15.8 Å². The summed E-state index contributed by atoms with van der Waals surface area (Å²) in [6.07, 6.45) is 6.79. The van der Waals surface area contributed by atoms with Crippen molar-refractivity contribution < 1.29 is 9.13 Å². The predicted molar refractivity (Wildman–Crippen MR) is 129 cm³/mol. The van der Waals surface area contributed by atoms with Gasteiger partial charge in [0.05, 0.1) is 36.6 Å². The average molecular weight is 463 g/mol. The molecule has 34 heavy (non-hydrogen) atoms. The molecule has 0 amide bonds. The number of methoxy groups -OCH3 is 1. The lowest BCUT2D eigenvalue weighted by Crippen LogP contribution is -2.34. The minimum absolute atomic E-state index is 0.0843. The van der Waals surface area contributed by atoms with Gasteiger partial charge in [-0.15, -0.1) is 0 Å². The summed E-state index contributed by atoms with van der Waals surface area (Å²) in [4.78, 5) is 27.2. The van der Waals surface area contributed by atoms with Crippen LogP contribution in [0.3, 0.4) is 0 Å². The molecule has 0 saturated carbocycles. The molecule has 1 saturated heterocycles. The van der Waals surface area contributed by atoms with Crippen molar-refractivity contribution in [3.63, 3.8) is 0 Å². The van der Waals surface area contributed by atoms with Gasteiger partial charge in [0.1, 0.15) is 5.82 Å². The second kappa shape index (κ2) is 9.26. The maximum absolute atomic E-state index is 15.4. The first-order valence-corrected chi connectivity index (χ1v) is 11.4. The number of halogens is 1. The summed E-state index contributed by atoms with van der Waals surface area (Å²) in [5, 5.41) is 3.83. The highest BCUT2D eigenvalue weighted by molar-refractivity contribution is 5.83. The van der Waals surface area contributed by atoms with E-state index in [1.165, 1.54) is 7.11 Å². The molecular formula is C25H27FN6O2. The van der Waals surface area contributed by atoms with E-state index in [-0.39, 0.29) is 23.9 Å². The van der Waals surface area contributed by atoms with Crippen molar-refractivity contribution in [2.75, 3.05) is 25.1 Å². The van der Waals surface area contributed by atoms with Crippen LogP contribution in [0.5, 0.6) is 5.75 Å². The van der Waals surface area contributed by atoms with Crippen LogP contribution in [-0.2, 0) is 6.54 Å². The Morgan fingerprint density at radius 2 is 2.03 bits per heavy atom. The van der Waals surface area contributed by atoms with E-state index in [0.29, 0.717) is 28.1 Å². The van der Waals surface area contributed by atoms with E-state index in [1.807, 2.05) is 13.0 Å². The lowest BCUT2D eigenvalue weighted by molar-refractivity contribution is 0.359. The molecule has 176 valence electrons. The van der Waals surface area contributed by atoms with Crippen molar-refractivity contribution in [3.8, 4) is 5.75 Å². The smallest absolute Gasteiger partial charge is 0.261 e. The minimum atomic E-state index is -0.474. The van der Waals surface area contributed by atoms with E-state index in [2.05, 4.69) is 20.3 Å². The van der Waals surface area contributed by atoms with Crippen LogP contribution in [0, 0.1) is 12.7 Å². The summed E-state index contributed by atoms with van der Waals surface area (Å²) < 4.78 is 22.4. The number of anilines is 2. The molecule has 1 aliphatic heterocycles. The van der Waals surface area contributed by atoms with Crippen LogP contribution in [-0.4, -0.2) is 39.7 Å². The van der Waals surface area contributed by atoms with Gasteiger partial charge in [0.15, 0.2) is 11.6 Å². The number of aromatic nitrogens is 4. The van der Waals surface area contributed by atoms with E-state index >= 15 is 4.39 Å². The number of nitrogens with one attached hydrogen (secondary N) is 2. The molecule has 2 N–H and O–H groups in total. The summed E-state index contributed by atoms with van der Waals surface area (Å²) in [5.41, 5.74) is 2.39. The van der Waals surface area contributed by atoms with Crippen LogP contribution in [0.1, 0.15) is 30.3 Å². The molecule has 2 aromatic carbocycles. The minimum Gasteiger partial charge on any atom is -0.494 e. The first kappa shape index (κ1) is 22.1. The van der Waals surface area contributed by atoms with Gasteiger partial charge in [-0.05, 0) is 68.8 Å². The molecule has 5 rings (SSSR count). The number of aryl methyl sites for hydroxylation is 1. The van der Waals surface area contributed by atoms with E-state index in [0.717, 1.165) is 31.5 Å². The standard InChI is InChI=1S/C25H27FN6O2/c1-16-11-21(24(26)22(12-16)34-2)31(14-23-28-9-10-29-23)18-3-4-20-19(13-18)25(33)32(15-30-20)17-5-7-27-8-6-17/h3-4,9-13,15,17,27H,5-8,14H2,1-2H3,(H,28,29). The Bertz CT molecular complexity index is 1360. The van der Waals surface area contributed by atoms with Crippen LogP contribution in [0.25, 0.3) is 10.9 Å². The van der Waals surface area contributed by atoms with Crippen molar-refractivity contribution in [1.82, 2.24) is 24.8 Å². The first-order valence-electron chi connectivity index (χ1n) is 11.4. The molecule has 8 nitrogen and oxygen atoms in total. The monoisotopic (exact) mass is 462 g/mol. The molecule has 3 heterocycles. The van der Waals surface area contributed by atoms with Crippen molar-refractivity contribution in [2.45, 2.75) is 32.4 Å². The predicted octanol–water partition coefficient (Wildman–Crippen LogP) is 3.84. The van der Waals surface area contributed by atoms with Gasteiger partial charge in [0.2, 0.25) is 0 Å². The van der Waals surface area contributed by atoms with Crippen LogP contribution in [0.2, 0.25) is 0 Å². The maximum Gasteiger partial charge on any atom is 0.261 e.